The molecular formula is C21H19F4NO2. The number of carbonyl (C=O) groups excluding carboxylic acids is 1. The van der Waals surface area contributed by atoms with E-state index in [1.54, 1.807) is 18.2 Å². The van der Waals surface area contributed by atoms with E-state index >= 15 is 0 Å². The highest BCUT2D eigenvalue weighted by Gasteiger charge is 2.21. The van der Waals surface area contributed by atoms with E-state index < -0.39 is 40.2 Å². The molecule has 7 heteroatoms. The van der Waals surface area contributed by atoms with E-state index in [1.165, 1.54) is 0 Å². The normalized spacial score (nSPS) is 11.2. The molecule has 0 unspecified atom stereocenters. The molecule has 0 aliphatic heterocycles. The lowest BCUT2D eigenvalue weighted by molar-refractivity contribution is 0.103. The van der Waals surface area contributed by atoms with Crippen LogP contribution in [0.5, 0.6) is 5.75 Å². The standard InChI is InChI=1S/C21H19F4NO2/c1-3-8-26(2)9-4-5-10-28-20-13-18(24)16(12-19(20)25)21(27)15-7-6-14(22)11-17(15)23/h3-7,11-13H,1,8-10H2,2H3. The lowest BCUT2D eigenvalue weighted by Crippen LogP contribution is -2.17. The van der Waals surface area contributed by atoms with E-state index in [0.717, 1.165) is 18.2 Å². The number of ether oxygens (including phenoxy) is 1. The van der Waals surface area contributed by atoms with Crippen LogP contribution in [0.4, 0.5) is 17.6 Å². The first-order chi connectivity index (χ1) is 13.3. The second-order valence-electron chi connectivity index (χ2n) is 6.01. The van der Waals surface area contributed by atoms with E-state index in [9.17, 15) is 22.4 Å². The molecule has 2 aromatic carbocycles. The fourth-order valence-electron chi connectivity index (χ4n) is 2.39. The van der Waals surface area contributed by atoms with Crippen LogP contribution in [-0.2, 0) is 0 Å². The molecule has 2 aromatic rings. The van der Waals surface area contributed by atoms with Gasteiger partial charge in [0.2, 0.25) is 0 Å². The Bertz CT molecular complexity index is 896. The summed E-state index contributed by atoms with van der Waals surface area (Å²) in [4.78, 5) is 14.2. The Morgan fingerprint density at radius 3 is 2.39 bits per heavy atom. The SMILES string of the molecule is C=CCN(C)CC=CCOc1cc(F)c(C(=O)c2ccc(F)cc2F)cc1F. The van der Waals surface area contributed by atoms with E-state index in [4.69, 9.17) is 4.74 Å². The van der Waals surface area contributed by atoms with Crippen molar-refractivity contribution < 1.29 is 27.1 Å². The zero-order chi connectivity index (χ0) is 20.7. The number of nitrogens with zero attached hydrogens (tertiary/aromatic N) is 1. The zero-order valence-electron chi connectivity index (χ0n) is 15.2. The summed E-state index contributed by atoms with van der Waals surface area (Å²) in [6.07, 6.45) is 5.19. The van der Waals surface area contributed by atoms with Crippen molar-refractivity contribution in [2.45, 2.75) is 0 Å². The van der Waals surface area contributed by atoms with Crippen LogP contribution in [-0.4, -0.2) is 37.4 Å². The van der Waals surface area contributed by atoms with Crippen LogP contribution in [0.1, 0.15) is 15.9 Å². The van der Waals surface area contributed by atoms with Gasteiger partial charge in [-0.2, -0.15) is 0 Å². The van der Waals surface area contributed by atoms with Gasteiger partial charge in [0.25, 0.3) is 0 Å². The summed E-state index contributed by atoms with van der Waals surface area (Å²) in [5.41, 5.74) is -1.23. The summed E-state index contributed by atoms with van der Waals surface area (Å²) in [6.45, 7) is 4.95. The molecule has 148 valence electrons. The molecule has 3 nitrogen and oxygen atoms in total. The third-order valence-electron chi connectivity index (χ3n) is 3.80. The quantitative estimate of drug-likeness (QED) is 0.356. The maximum absolute atomic E-state index is 14.2. The molecule has 0 saturated carbocycles. The summed E-state index contributed by atoms with van der Waals surface area (Å²) < 4.78 is 60.3. The van der Waals surface area contributed by atoms with Crippen LogP contribution in [0.3, 0.4) is 0 Å². The van der Waals surface area contributed by atoms with Gasteiger partial charge in [-0.1, -0.05) is 18.2 Å². The molecular weight excluding hydrogens is 374 g/mol. The second-order valence-corrected chi connectivity index (χ2v) is 6.01. The molecule has 0 aliphatic carbocycles. The number of halogens is 4. The van der Waals surface area contributed by atoms with Crippen LogP contribution < -0.4 is 4.74 Å². The monoisotopic (exact) mass is 393 g/mol. The van der Waals surface area contributed by atoms with Crippen LogP contribution >= 0.6 is 0 Å². The van der Waals surface area contributed by atoms with Gasteiger partial charge in [0.15, 0.2) is 17.3 Å². The van der Waals surface area contributed by atoms with Gasteiger partial charge in [0, 0.05) is 25.2 Å². The summed E-state index contributed by atoms with van der Waals surface area (Å²) in [7, 11) is 1.89. The van der Waals surface area contributed by atoms with Crippen molar-refractivity contribution in [2.75, 3.05) is 26.7 Å². The molecule has 0 spiro atoms. The van der Waals surface area contributed by atoms with Gasteiger partial charge in [-0.25, -0.2) is 17.6 Å². The van der Waals surface area contributed by atoms with Crippen LogP contribution in [0, 0.1) is 23.3 Å². The van der Waals surface area contributed by atoms with Gasteiger partial charge in [0.1, 0.15) is 24.1 Å². The molecule has 28 heavy (non-hydrogen) atoms. The Hall–Kier alpha value is -2.93. The minimum Gasteiger partial charge on any atom is -0.486 e. The maximum atomic E-state index is 14.2. The minimum atomic E-state index is -1.16. The first-order valence-corrected chi connectivity index (χ1v) is 8.39. The average molecular weight is 393 g/mol. The third kappa shape index (κ3) is 5.53. The number of hydrogen-bond donors (Lipinski definition) is 0. The molecule has 0 fully saturated rings. The van der Waals surface area contributed by atoms with Gasteiger partial charge in [-0.15, -0.1) is 6.58 Å². The second kappa shape index (κ2) is 9.85. The molecule has 0 heterocycles. The fourth-order valence-corrected chi connectivity index (χ4v) is 2.39. The Labute approximate surface area is 160 Å². The van der Waals surface area contributed by atoms with Crippen LogP contribution in [0.2, 0.25) is 0 Å². The molecule has 2 rings (SSSR count). The Kier molecular flexibility index (Phi) is 7.52. The van der Waals surface area contributed by atoms with Gasteiger partial charge in [-0.3, -0.25) is 9.69 Å². The van der Waals surface area contributed by atoms with E-state index in [-0.39, 0.29) is 12.4 Å². The minimum absolute atomic E-state index is 0.00181. The maximum Gasteiger partial charge on any atom is 0.199 e. The predicted molar refractivity (Wildman–Crippen MR) is 98.5 cm³/mol. The number of carbonyl (C=O) groups is 1. The van der Waals surface area contributed by atoms with Crippen molar-refractivity contribution in [3.63, 3.8) is 0 Å². The molecule has 0 N–H and O–H groups in total. The molecule has 0 aromatic heterocycles. The molecule has 0 saturated heterocycles. The summed E-state index contributed by atoms with van der Waals surface area (Å²) in [5, 5.41) is 0. The Morgan fingerprint density at radius 1 is 1.00 bits per heavy atom. The van der Waals surface area contributed by atoms with Gasteiger partial charge >= 0.3 is 0 Å². The van der Waals surface area contributed by atoms with Crippen molar-refractivity contribution in [1.82, 2.24) is 4.90 Å². The van der Waals surface area contributed by atoms with Gasteiger partial charge in [-0.05, 0) is 25.2 Å². The number of benzene rings is 2. The predicted octanol–water partition coefficient (Wildman–Crippen LogP) is 4.53. The zero-order valence-corrected chi connectivity index (χ0v) is 15.2. The summed E-state index contributed by atoms with van der Waals surface area (Å²) >= 11 is 0. The molecule has 0 bridgehead atoms. The Morgan fingerprint density at radius 2 is 1.71 bits per heavy atom. The number of hydrogen-bond acceptors (Lipinski definition) is 3. The van der Waals surface area contributed by atoms with Crippen molar-refractivity contribution in [1.29, 1.82) is 0 Å². The first-order valence-electron chi connectivity index (χ1n) is 8.39. The summed E-state index contributed by atoms with van der Waals surface area (Å²) in [5.74, 6) is -5.54. The molecule has 0 radical (unpaired) electrons. The number of ketones is 1. The van der Waals surface area contributed by atoms with Crippen molar-refractivity contribution in [2.24, 2.45) is 0 Å². The average Bonchev–Trinajstić information content (AvgIpc) is 2.63. The number of rotatable bonds is 9. The third-order valence-corrected chi connectivity index (χ3v) is 3.80. The first kappa shape index (κ1) is 21.4. The molecule has 0 amide bonds. The number of likely N-dealkylation sites (N-methyl/N-ethyl adjacent to an activating group) is 1. The van der Waals surface area contributed by atoms with Crippen LogP contribution in [0.15, 0.2) is 55.1 Å². The summed E-state index contributed by atoms with van der Waals surface area (Å²) in [6, 6.07) is 3.60. The van der Waals surface area contributed by atoms with Crippen LogP contribution in [0.25, 0.3) is 0 Å². The van der Waals surface area contributed by atoms with Crippen molar-refractivity contribution in [3.05, 3.63) is 89.5 Å². The lowest BCUT2D eigenvalue weighted by atomic mass is 10.0. The molecule has 0 atom stereocenters. The topological polar surface area (TPSA) is 29.5 Å². The van der Waals surface area contributed by atoms with E-state index in [0.29, 0.717) is 25.2 Å². The fraction of sp³-hybridized carbons (Fsp3) is 0.190. The van der Waals surface area contributed by atoms with Crippen molar-refractivity contribution >= 4 is 5.78 Å². The van der Waals surface area contributed by atoms with Crippen molar-refractivity contribution in [3.8, 4) is 5.75 Å². The smallest absolute Gasteiger partial charge is 0.199 e. The highest BCUT2D eigenvalue weighted by Crippen LogP contribution is 2.24. The highest BCUT2D eigenvalue weighted by molar-refractivity contribution is 6.09. The molecule has 0 aliphatic rings. The highest BCUT2D eigenvalue weighted by atomic mass is 19.1. The lowest BCUT2D eigenvalue weighted by Gasteiger charge is -2.11. The van der Waals surface area contributed by atoms with E-state index in [2.05, 4.69) is 6.58 Å². The van der Waals surface area contributed by atoms with Gasteiger partial charge in [0.05, 0.1) is 11.1 Å². The Balaban J connectivity index is 2.09. The van der Waals surface area contributed by atoms with E-state index in [1.807, 2.05) is 11.9 Å². The van der Waals surface area contributed by atoms with Gasteiger partial charge < -0.3 is 4.74 Å². The largest absolute Gasteiger partial charge is 0.486 e.